The SMILES string of the molecule is CC(NC(=O)NC(CC(=O)O)C(C)C)c1ccccn1. The lowest BCUT2D eigenvalue weighted by molar-refractivity contribution is -0.137. The molecule has 3 N–H and O–H groups in total. The number of carbonyl (C=O) groups is 2. The Hall–Kier alpha value is -2.11. The molecular weight excluding hydrogens is 258 g/mol. The van der Waals surface area contributed by atoms with E-state index in [-0.39, 0.29) is 24.4 Å². The maximum Gasteiger partial charge on any atom is 0.315 e. The van der Waals surface area contributed by atoms with E-state index in [2.05, 4.69) is 15.6 Å². The van der Waals surface area contributed by atoms with E-state index in [0.29, 0.717) is 0 Å². The lowest BCUT2D eigenvalue weighted by Crippen LogP contribution is -2.46. The first-order valence-electron chi connectivity index (χ1n) is 6.60. The third-order valence-corrected chi connectivity index (χ3v) is 2.99. The van der Waals surface area contributed by atoms with E-state index in [9.17, 15) is 9.59 Å². The standard InChI is InChI=1S/C14H21N3O3/c1-9(2)12(8-13(18)19)17-14(20)16-10(3)11-6-4-5-7-15-11/h4-7,9-10,12H,8H2,1-3H3,(H,18,19)(H2,16,17,20). The van der Waals surface area contributed by atoms with Crippen molar-refractivity contribution >= 4 is 12.0 Å². The molecule has 1 heterocycles. The Morgan fingerprint density at radius 1 is 1.25 bits per heavy atom. The van der Waals surface area contributed by atoms with Crippen molar-refractivity contribution in [2.75, 3.05) is 0 Å². The van der Waals surface area contributed by atoms with Crippen molar-refractivity contribution in [1.29, 1.82) is 0 Å². The smallest absolute Gasteiger partial charge is 0.315 e. The van der Waals surface area contributed by atoms with Crippen LogP contribution in [0.4, 0.5) is 4.79 Å². The number of nitrogens with zero attached hydrogens (tertiary/aromatic N) is 1. The Bertz CT molecular complexity index is 448. The largest absolute Gasteiger partial charge is 0.481 e. The Morgan fingerprint density at radius 2 is 1.95 bits per heavy atom. The number of amides is 2. The molecule has 6 nitrogen and oxygen atoms in total. The maximum atomic E-state index is 11.9. The number of pyridine rings is 1. The fourth-order valence-corrected chi connectivity index (χ4v) is 1.75. The molecule has 2 atom stereocenters. The molecule has 0 spiro atoms. The minimum Gasteiger partial charge on any atom is -0.481 e. The topological polar surface area (TPSA) is 91.3 Å². The van der Waals surface area contributed by atoms with Crippen LogP contribution in [0.3, 0.4) is 0 Å². The van der Waals surface area contributed by atoms with Crippen molar-refractivity contribution in [2.45, 2.75) is 39.3 Å². The highest BCUT2D eigenvalue weighted by Gasteiger charge is 2.20. The molecule has 20 heavy (non-hydrogen) atoms. The summed E-state index contributed by atoms with van der Waals surface area (Å²) in [4.78, 5) is 26.8. The van der Waals surface area contributed by atoms with Crippen LogP contribution in [0.1, 0.15) is 38.9 Å². The van der Waals surface area contributed by atoms with Gasteiger partial charge in [0, 0.05) is 12.2 Å². The Kier molecular flexibility index (Phi) is 5.96. The highest BCUT2D eigenvalue weighted by molar-refractivity contribution is 5.76. The van der Waals surface area contributed by atoms with Gasteiger partial charge in [-0.1, -0.05) is 19.9 Å². The van der Waals surface area contributed by atoms with Crippen LogP contribution in [0.25, 0.3) is 0 Å². The Labute approximate surface area is 118 Å². The number of hydrogen-bond donors (Lipinski definition) is 3. The molecule has 110 valence electrons. The Morgan fingerprint density at radius 3 is 2.45 bits per heavy atom. The molecule has 0 saturated carbocycles. The first-order chi connectivity index (χ1) is 9.40. The van der Waals surface area contributed by atoms with Crippen molar-refractivity contribution in [3.05, 3.63) is 30.1 Å². The molecule has 1 aromatic rings. The van der Waals surface area contributed by atoms with Crippen LogP contribution in [-0.2, 0) is 4.79 Å². The monoisotopic (exact) mass is 279 g/mol. The molecule has 0 saturated heterocycles. The summed E-state index contributed by atoms with van der Waals surface area (Å²) in [5, 5.41) is 14.3. The van der Waals surface area contributed by atoms with Crippen LogP contribution < -0.4 is 10.6 Å². The van der Waals surface area contributed by atoms with E-state index >= 15 is 0 Å². The fraction of sp³-hybridized carbons (Fsp3) is 0.500. The molecule has 2 unspecified atom stereocenters. The normalized spacial score (nSPS) is 13.6. The molecule has 6 heteroatoms. The van der Waals surface area contributed by atoms with E-state index < -0.39 is 12.0 Å². The molecule has 1 aromatic heterocycles. The number of aliphatic carboxylic acids is 1. The highest BCUT2D eigenvalue weighted by atomic mass is 16.4. The number of rotatable bonds is 6. The minimum absolute atomic E-state index is 0.0435. The minimum atomic E-state index is -0.929. The average molecular weight is 279 g/mol. The van der Waals surface area contributed by atoms with Gasteiger partial charge in [0.1, 0.15) is 0 Å². The number of carboxylic acid groups (broad SMARTS) is 1. The molecule has 0 aromatic carbocycles. The predicted molar refractivity (Wildman–Crippen MR) is 75.2 cm³/mol. The van der Waals surface area contributed by atoms with Gasteiger partial charge in [0.15, 0.2) is 0 Å². The number of carbonyl (C=O) groups excluding carboxylic acids is 1. The average Bonchev–Trinajstić information content (AvgIpc) is 2.38. The Balaban J connectivity index is 2.55. The highest BCUT2D eigenvalue weighted by Crippen LogP contribution is 2.09. The molecule has 0 bridgehead atoms. The second-order valence-corrected chi connectivity index (χ2v) is 5.04. The van der Waals surface area contributed by atoms with E-state index in [1.54, 1.807) is 12.3 Å². The molecule has 1 rings (SSSR count). The van der Waals surface area contributed by atoms with Crippen LogP contribution in [0.15, 0.2) is 24.4 Å². The van der Waals surface area contributed by atoms with E-state index in [1.165, 1.54) is 0 Å². The van der Waals surface area contributed by atoms with E-state index in [4.69, 9.17) is 5.11 Å². The molecule has 2 amide bonds. The van der Waals surface area contributed by atoms with Gasteiger partial charge in [-0.05, 0) is 25.0 Å². The van der Waals surface area contributed by atoms with Gasteiger partial charge in [0.2, 0.25) is 0 Å². The fourth-order valence-electron chi connectivity index (χ4n) is 1.75. The summed E-state index contributed by atoms with van der Waals surface area (Å²) in [5.74, 6) is -0.885. The van der Waals surface area contributed by atoms with Crippen molar-refractivity contribution in [2.24, 2.45) is 5.92 Å². The number of aromatic nitrogens is 1. The maximum absolute atomic E-state index is 11.9. The van der Waals surface area contributed by atoms with Crippen molar-refractivity contribution in [3.8, 4) is 0 Å². The lowest BCUT2D eigenvalue weighted by Gasteiger charge is -2.22. The zero-order valence-corrected chi connectivity index (χ0v) is 12.0. The quantitative estimate of drug-likeness (QED) is 0.742. The number of nitrogens with one attached hydrogen (secondary N) is 2. The van der Waals surface area contributed by atoms with Gasteiger partial charge in [-0.3, -0.25) is 9.78 Å². The zero-order valence-electron chi connectivity index (χ0n) is 12.0. The summed E-state index contributed by atoms with van der Waals surface area (Å²) >= 11 is 0. The van der Waals surface area contributed by atoms with Gasteiger partial charge in [-0.25, -0.2) is 4.79 Å². The third-order valence-electron chi connectivity index (χ3n) is 2.99. The van der Waals surface area contributed by atoms with Gasteiger partial charge in [-0.2, -0.15) is 0 Å². The summed E-state index contributed by atoms with van der Waals surface area (Å²) in [6.45, 7) is 5.57. The summed E-state index contributed by atoms with van der Waals surface area (Å²) in [6, 6.07) is 4.44. The third kappa shape index (κ3) is 5.26. The van der Waals surface area contributed by atoms with Gasteiger partial charge >= 0.3 is 12.0 Å². The van der Waals surface area contributed by atoms with E-state index in [0.717, 1.165) is 5.69 Å². The first-order valence-corrected chi connectivity index (χ1v) is 6.60. The summed E-state index contributed by atoms with van der Waals surface area (Å²) < 4.78 is 0. The summed E-state index contributed by atoms with van der Waals surface area (Å²) in [7, 11) is 0. The van der Waals surface area contributed by atoms with Crippen LogP contribution in [0.2, 0.25) is 0 Å². The first kappa shape index (κ1) is 15.9. The van der Waals surface area contributed by atoms with Crippen molar-refractivity contribution < 1.29 is 14.7 Å². The number of carboxylic acids is 1. The second-order valence-electron chi connectivity index (χ2n) is 5.04. The summed E-state index contributed by atoms with van der Waals surface area (Å²) in [6.07, 6.45) is 1.57. The number of hydrogen-bond acceptors (Lipinski definition) is 3. The van der Waals surface area contributed by atoms with Crippen molar-refractivity contribution in [1.82, 2.24) is 15.6 Å². The van der Waals surface area contributed by atoms with Gasteiger partial charge in [0.05, 0.1) is 18.2 Å². The van der Waals surface area contributed by atoms with Crippen LogP contribution >= 0.6 is 0 Å². The molecule has 0 aliphatic heterocycles. The molecule has 0 aliphatic carbocycles. The van der Waals surface area contributed by atoms with Crippen molar-refractivity contribution in [3.63, 3.8) is 0 Å². The molecule has 0 fully saturated rings. The summed E-state index contributed by atoms with van der Waals surface area (Å²) in [5.41, 5.74) is 0.752. The van der Waals surface area contributed by atoms with Crippen LogP contribution in [0, 0.1) is 5.92 Å². The zero-order chi connectivity index (χ0) is 15.1. The molecular formula is C14H21N3O3. The number of urea groups is 1. The van der Waals surface area contributed by atoms with E-state index in [1.807, 2.05) is 32.9 Å². The van der Waals surface area contributed by atoms with Gasteiger partial charge < -0.3 is 15.7 Å². The van der Waals surface area contributed by atoms with Crippen LogP contribution in [-0.4, -0.2) is 28.1 Å². The molecule has 0 radical (unpaired) electrons. The molecule has 0 aliphatic rings. The lowest BCUT2D eigenvalue weighted by atomic mass is 10.0. The predicted octanol–water partition coefficient (Wildman–Crippen LogP) is 1.94. The van der Waals surface area contributed by atoms with Gasteiger partial charge in [-0.15, -0.1) is 0 Å². The second kappa shape index (κ2) is 7.47. The van der Waals surface area contributed by atoms with Gasteiger partial charge in [0.25, 0.3) is 0 Å². The van der Waals surface area contributed by atoms with Crippen LogP contribution in [0.5, 0.6) is 0 Å².